The third-order valence-corrected chi connectivity index (χ3v) is 2.13. The highest BCUT2D eigenvalue weighted by Gasteiger charge is 2.51. The molecule has 0 radical (unpaired) electrons. The van der Waals surface area contributed by atoms with Crippen LogP contribution in [0.25, 0.3) is 10.4 Å². The molecule has 3 nitrogen and oxygen atoms in total. The topological polar surface area (TPSA) is 48.8 Å². The molecule has 1 atom stereocenters. The summed E-state index contributed by atoms with van der Waals surface area (Å²) in [7, 11) is 0. The zero-order chi connectivity index (χ0) is 11.5. The highest BCUT2D eigenvalue weighted by atomic mass is 19.4. The summed E-state index contributed by atoms with van der Waals surface area (Å²) in [6, 6.07) is 7.08. The van der Waals surface area contributed by atoms with Gasteiger partial charge in [-0.3, -0.25) is 0 Å². The van der Waals surface area contributed by atoms with E-state index < -0.39 is 11.7 Å². The molecule has 0 bridgehead atoms. The first-order chi connectivity index (χ1) is 6.92. The molecule has 1 aromatic rings. The lowest BCUT2D eigenvalue weighted by atomic mass is 9.92. The minimum Gasteiger partial charge on any atom is -0.170 e. The third-order valence-electron chi connectivity index (χ3n) is 2.13. The van der Waals surface area contributed by atoms with Gasteiger partial charge in [-0.2, -0.15) is 13.2 Å². The smallest absolute Gasteiger partial charge is 0.170 e. The van der Waals surface area contributed by atoms with Crippen molar-refractivity contribution in [3.8, 4) is 0 Å². The number of nitrogens with zero attached hydrogens (tertiary/aromatic N) is 3. The highest BCUT2D eigenvalue weighted by Crippen LogP contribution is 2.41. The summed E-state index contributed by atoms with van der Waals surface area (Å²) in [5.74, 6) is 0. The first-order valence-electron chi connectivity index (χ1n) is 4.10. The van der Waals surface area contributed by atoms with E-state index >= 15 is 0 Å². The van der Waals surface area contributed by atoms with Crippen LogP contribution in [0.15, 0.2) is 35.4 Å². The number of azide groups is 1. The van der Waals surface area contributed by atoms with Crippen molar-refractivity contribution in [2.24, 2.45) is 5.11 Å². The minimum absolute atomic E-state index is 0.0738. The van der Waals surface area contributed by atoms with Crippen LogP contribution < -0.4 is 0 Å². The van der Waals surface area contributed by atoms with Crippen molar-refractivity contribution in [1.82, 2.24) is 0 Å². The van der Waals surface area contributed by atoms with E-state index in [1.165, 1.54) is 24.3 Å². The van der Waals surface area contributed by atoms with Crippen LogP contribution in [0.2, 0.25) is 0 Å². The quantitative estimate of drug-likeness (QED) is 0.409. The van der Waals surface area contributed by atoms with Crippen molar-refractivity contribution in [3.05, 3.63) is 46.3 Å². The highest BCUT2D eigenvalue weighted by molar-refractivity contribution is 5.25. The molecule has 1 aromatic carbocycles. The number of halogens is 3. The largest absolute Gasteiger partial charge is 0.403 e. The monoisotopic (exact) mass is 215 g/mol. The van der Waals surface area contributed by atoms with Gasteiger partial charge in [0.1, 0.15) is 0 Å². The predicted molar refractivity (Wildman–Crippen MR) is 49.0 cm³/mol. The fourth-order valence-corrected chi connectivity index (χ4v) is 1.13. The Balaban J connectivity index is 3.32. The van der Waals surface area contributed by atoms with Gasteiger partial charge >= 0.3 is 6.18 Å². The number of hydrogen-bond donors (Lipinski definition) is 0. The van der Waals surface area contributed by atoms with Crippen LogP contribution >= 0.6 is 0 Å². The maximum absolute atomic E-state index is 12.7. The summed E-state index contributed by atoms with van der Waals surface area (Å²) in [6.07, 6.45) is -4.61. The minimum atomic E-state index is -4.61. The van der Waals surface area contributed by atoms with Gasteiger partial charge in [0.05, 0.1) is 0 Å². The van der Waals surface area contributed by atoms with Crippen molar-refractivity contribution < 1.29 is 13.2 Å². The van der Waals surface area contributed by atoms with E-state index in [1.54, 1.807) is 6.07 Å². The summed E-state index contributed by atoms with van der Waals surface area (Å²) in [4.78, 5) is 2.26. The lowest BCUT2D eigenvalue weighted by molar-refractivity contribution is -0.183. The van der Waals surface area contributed by atoms with Gasteiger partial charge in [0.25, 0.3) is 0 Å². The van der Waals surface area contributed by atoms with Crippen LogP contribution in [-0.2, 0) is 5.54 Å². The molecule has 0 amide bonds. The van der Waals surface area contributed by atoms with Crippen LogP contribution in [0.1, 0.15) is 12.5 Å². The Morgan fingerprint density at radius 2 is 1.73 bits per heavy atom. The SMILES string of the molecule is CC(N=[N+]=[N-])(c1ccccc1)C(F)(F)F. The van der Waals surface area contributed by atoms with Gasteiger partial charge in [0.15, 0.2) is 5.54 Å². The van der Waals surface area contributed by atoms with E-state index in [2.05, 4.69) is 10.0 Å². The van der Waals surface area contributed by atoms with Crippen molar-refractivity contribution >= 4 is 0 Å². The van der Waals surface area contributed by atoms with E-state index in [0.717, 1.165) is 6.92 Å². The maximum Gasteiger partial charge on any atom is 0.403 e. The average molecular weight is 215 g/mol. The van der Waals surface area contributed by atoms with Crippen molar-refractivity contribution in [2.75, 3.05) is 0 Å². The van der Waals surface area contributed by atoms with Crippen LogP contribution in [0.5, 0.6) is 0 Å². The maximum atomic E-state index is 12.7. The zero-order valence-electron chi connectivity index (χ0n) is 7.86. The summed E-state index contributed by atoms with van der Waals surface area (Å²) >= 11 is 0. The molecular formula is C9H8F3N3. The Bertz CT molecular complexity index is 381. The molecule has 1 unspecified atom stereocenters. The third kappa shape index (κ3) is 2.05. The summed E-state index contributed by atoms with van der Waals surface area (Å²) in [5.41, 5.74) is 5.60. The summed E-state index contributed by atoms with van der Waals surface area (Å²) in [5, 5.41) is 2.85. The van der Waals surface area contributed by atoms with Gasteiger partial charge in [-0.1, -0.05) is 35.4 Å². The lowest BCUT2D eigenvalue weighted by Crippen LogP contribution is -2.37. The van der Waals surface area contributed by atoms with Crippen molar-refractivity contribution in [1.29, 1.82) is 0 Å². The van der Waals surface area contributed by atoms with Crippen LogP contribution in [-0.4, -0.2) is 6.18 Å². The van der Waals surface area contributed by atoms with Crippen LogP contribution in [0, 0.1) is 0 Å². The molecule has 0 aliphatic heterocycles. The first kappa shape index (κ1) is 11.4. The van der Waals surface area contributed by atoms with E-state index in [1.807, 2.05) is 0 Å². The van der Waals surface area contributed by atoms with Gasteiger partial charge in [-0.15, -0.1) is 0 Å². The molecule has 0 saturated heterocycles. The number of alkyl halides is 3. The van der Waals surface area contributed by atoms with Crippen molar-refractivity contribution in [3.63, 3.8) is 0 Å². The normalized spacial score (nSPS) is 15.2. The van der Waals surface area contributed by atoms with Gasteiger partial charge in [-0.05, 0) is 18.0 Å². The molecule has 0 heterocycles. The lowest BCUT2D eigenvalue weighted by Gasteiger charge is -2.27. The van der Waals surface area contributed by atoms with Crippen molar-refractivity contribution in [2.45, 2.75) is 18.6 Å². The van der Waals surface area contributed by atoms with E-state index in [0.29, 0.717) is 0 Å². The molecule has 0 aliphatic carbocycles. The van der Waals surface area contributed by atoms with E-state index in [-0.39, 0.29) is 5.56 Å². The molecule has 6 heteroatoms. The second-order valence-electron chi connectivity index (χ2n) is 3.13. The average Bonchev–Trinajstić information content (AvgIpc) is 2.18. The van der Waals surface area contributed by atoms with E-state index in [4.69, 9.17) is 5.53 Å². The molecule has 0 aliphatic rings. The molecule has 0 spiro atoms. The van der Waals surface area contributed by atoms with Crippen LogP contribution in [0.3, 0.4) is 0 Å². The first-order valence-corrected chi connectivity index (χ1v) is 4.10. The van der Waals surface area contributed by atoms with Gasteiger partial charge in [0.2, 0.25) is 0 Å². The summed E-state index contributed by atoms with van der Waals surface area (Å²) < 4.78 is 38.1. The molecule has 0 saturated carbocycles. The Labute approximate surface area is 84.2 Å². The molecule has 0 aromatic heterocycles. The zero-order valence-corrected chi connectivity index (χ0v) is 7.86. The van der Waals surface area contributed by atoms with Gasteiger partial charge in [-0.25, -0.2) is 0 Å². The Kier molecular flexibility index (Phi) is 2.90. The fraction of sp³-hybridized carbons (Fsp3) is 0.333. The standard InChI is InChI=1S/C9H8F3N3/c1-8(14-15-13,9(10,11)12)7-5-3-2-4-6-7/h2-6H,1H3. The van der Waals surface area contributed by atoms with Gasteiger partial charge < -0.3 is 0 Å². The number of rotatable bonds is 2. The second-order valence-corrected chi connectivity index (χ2v) is 3.13. The van der Waals surface area contributed by atoms with Gasteiger partial charge in [0, 0.05) is 4.91 Å². The molecule has 15 heavy (non-hydrogen) atoms. The Hall–Kier alpha value is -1.68. The summed E-state index contributed by atoms with van der Waals surface area (Å²) in [6.45, 7) is 0.849. The number of benzene rings is 1. The second kappa shape index (κ2) is 3.82. The number of hydrogen-bond acceptors (Lipinski definition) is 1. The Morgan fingerprint density at radius 1 is 1.20 bits per heavy atom. The predicted octanol–water partition coefficient (Wildman–Crippen LogP) is 3.77. The van der Waals surface area contributed by atoms with Crippen LogP contribution in [0.4, 0.5) is 13.2 Å². The molecule has 0 N–H and O–H groups in total. The molecule has 80 valence electrons. The molecular weight excluding hydrogens is 207 g/mol. The molecule has 1 rings (SSSR count). The Morgan fingerprint density at radius 3 is 2.13 bits per heavy atom. The fourth-order valence-electron chi connectivity index (χ4n) is 1.13. The molecule has 0 fully saturated rings. The van der Waals surface area contributed by atoms with E-state index in [9.17, 15) is 13.2 Å².